The van der Waals surface area contributed by atoms with Crippen LogP contribution in [0.25, 0.3) is 0 Å². The minimum Gasteiger partial charge on any atom is -0.465 e. The molecule has 106 valence electrons. The van der Waals surface area contributed by atoms with Crippen LogP contribution >= 0.6 is 0 Å². The Kier molecular flexibility index (Phi) is 5.32. The Bertz CT molecular complexity index is 511. The maximum Gasteiger partial charge on any atom is 0.323 e. The van der Waals surface area contributed by atoms with Crippen molar-refractivity contribution >= 4 is 5.97 Å². The highest BCUT2D eigenvalue weighted by Crippen LogP contribution is 2.03. The number of ether oxygens (including phenoxy) is 1. The summed E-state index contributed by atoms with van der Waals surface area (Å²) in [5.74, 6) is -0.368. The standard InChI is InChI=1S/C15H19N3O2/c16-14(9-13-10-17-11-18-13)15(19)20-8-4-7-12-5-2-1-3-6-12/h1-3,5-6,10-11,14H,4,7-9,16H2,(H,17,18). The molecule has 1 aromatic carbocycles. The highest BCUT2D eigenvalue weighted by molar-refractivity contribution is 5.75. The van der Waals surface area contributed by atoms with Gasteiger partial charge in [-0.05, 0) is 18.4 Å². The summed E-state index contributed by atoms with van der Waals surface area (Å²) in [4.78, 5) is 18.5. The lowest BCUT2D eigenvalue weighted by molar-refractivity contribution is -0.145. The fourth-order valence-electron chi connectivity index (χ4n) is 1.92. The molecule has 0 fully saturated rings. The Balaban J connectivity index is 1.65. The van der Waals surface area contributed by atoms with Gasteiger partial charge in [0, 0.05) is 18.3 Å². The van der Waals surface area contributed by atoms with E-state index >= 15 is 0 Å². The van der Waals surface area contributed by atoms with Crippen molar-refractivity contribution in [3.63, 3.8) is 0 Å². The summed E-state index contributed by atoms with van der Waals surface area (Å²) in [6.07, 6.45) is 5.32. The van der Waals surface area contributed by atoms with Crippen LogP contribution in [0, 0.1) is 0 Å². The fourth-order valence-corrected chi connectivity index (χ4v) is 1.92. The molecule has 0 bridgehead atoms. The van der Waals surface area contributed by atoms with E-state index < -0.39 is 6.04 Å². The molecule has 1 aromatic heterocycles. The summed E-state index contributed by atoms with van der Waals surface area (Å²) in [5.41, 5.74) is 7.85. The SMILES string of the molecule is NC(Cc1cnc[nH]1)C(=O)OCCCc1ccccc1. The Hall–Kier alpha value is -2.14. The quantitative estimate of drug-likeness (QED) is 0.591. The second kappa shape index (κ2) is 7.45. The van der Waals surface area contributed by atoms with Crippen LogP contribution in [-0.2, 0) is 22.4 Å². The Morgan fingerprint density at radius 2 is 2.15 bits per heavy atom. The molecule has 0 saturated heterocycles. The second-order valence-corrected chi connectivity index (χ2v) is 4.64. The van der Waals surface area contributed by atoms with Crippen LogP contribution in [0.5, 0.6) is 0 Å². The zero-order valence-corrected chi connectivity index (χ0v) is 11.3. The lowest BCUT2D eigenvalue weighted by Gasteiger charge is -2.10. The van der Waals surface area contributed by atoms with Crippen molar-refractivity contribution in [2.24, 2.45) is 5.73 Å². The highest BCUT2D eigenvalue weighted by Gasteiger charge is 2.16. The predicted octanol–water partition coefficient (Wildman–Crippen LogP) is 1.46. The molecule has 0 aliphatic heterocycles. The number of carbonyl (C=O) groups is 1. The molecule has 0 amide bonds. The number of rotatable bonds is 7. The molecule has 3 N–H and O–H groups in total. The molecule has 0 aliphatic carbocycles. The lowest BCUT2D eigenvalue weighted by atomic mass is 10.1. The van der Waals surface area contributed by atoms with Crippen molar-refractivity contribution < 1.29 is 9.53 Å². The van der Waals surface area contributed by atoms with Gasteiger partial charge in [-0.15, -0.1) is 0 Å². The van der Waals surface area contributed by atoms with Gasteiger partial charge in [0.15, 0.2) is 0 Å². The van der Waals surface area contributed by atoms with Gasteiger partial charge in [0.2, 0.25) is 0 Å². The molecular formula is C15H19N3O2. The number of esters is 1. The molecule has 0 saturated carbocycles. The minimum atomic E-state index is -0.646. The molecule has 1 heterocycles. The molecule has 1 unspecified atom stereocenters. The first-order chi connectivity index (χ1) is 9.75. The molecule has 1 atom stereocenters. The number of hydrogen-bond acceptors (Lipinski definition) is 4. The monoisotopic (exact) mass is 273 g/mol. The minimum absolute atomic E-state index is 0.368. The van der Waals surface area contributed by atoms with E-state index in [0.29, 0.717) is 13.0 Å². The van der Waals surface area contributed by atoms with E-state index in [0.717, 1.165) is 18.5 Å². The van der Waals surface area contributed by atoms with Crippen molar-refractivity contribution in [1.29, 1.82) is 0 Å². The van der Waals surface area contributed by atoms with E-state index in [9.17, 15) is 4.79 Å². The van der Waals surface area contributed by atoms with Crippen LogP contribution in [0.2, 0.25) is 0 Å². The van der Waals surface area contributed by atoms with E-state index in [4.69, 9.17) is 10.5 Å². The Morgan fingerprint density at radius 1 is 1.35 bits per heavy atom. The van der Waals surface area contributed by atoms with Crippen LogP contribution < -0.4 is 5.73 Å². The first kappa shape index (κ1) is 14.3. The Morgan fingerprint density at radius 3 is 2.85 bits per heavy atom. The zero-order chi connectivity index (χ0) is 14.2. The maximum atomic E-state index is 11.7. The normalized spacial score (nSPS) is 12.1. The number of aryl methyl sites for hydroxylation is 1. The van der Waals surface area contributed by atoms with Gasteiger partial charge >= 0.3 is 5.97 Å². The number of nitrogens with zero attached hydrogens (tertiary/aromatic N) is 1. The third kappa shape index (κ3) is 4.51. The van der Waals surface area contributed by atoms with Gasteiger partial charge in [0.1, 0.15) is 6.04 Å². The summed E-state index contributed by atoms with van der Waals surface area (Å²) in [6, 6.07) is 9.46. The number of hydrogen-bond donors (Lipinski definition) is 2. The molecule has 20 heavy (non-hydrogen) atoms. The van der Waals surface area contributed by atoms with Gasteiger partial charge in [-0.1, -0.05) is 30.3 Å². The first-order valence-corrected chi connectivity index (χ1v) is 6.69. The zero-order valence-electron chi connectivity index (χ0n) is 11.3. The van der Waals surface area contributed by atoms with Crippen LogP contribution in [0.3, 0.4) is 0 Å². The van der Waals surface area contributed by atoms with Gasteiger partial charge in [-0.2, -0.15) is 0 Å². The summed E-state index contributed by atoms with van der Waals surface area (Å²) in [6.45, 7) is 0.393. The number of aromatic nitrogens is 2. The number of nitrogens with two attached hydrogens (primary N) is 1. The van der Waals surface area contributed by atoms with E-state index in [1.807, 2.05) is 18.2 Å². The average molecular weight is 273 g/mol. The van der Waals surface area contributed by atoms with Crippen molar-refractivity contribution in [2.45, 2.75) is 25.3 Å². The first-order valence-electron chi connectivity index (χ1n) is 6.69. The topological polar surface area (TPSA) is 81.0 Å². The van der Waals surface area contributed by atoms with E-state index in [1.165, 1.54) is 5.56 Å². The number of H-pyrrole nitrogens is 1. The third-order valence-corrected chi connectivity index (χ3v) is 2.99. The van der Waals surface area contributed by atoms with E-state index in [2.05, 4.69) is 22.1 Å². The van der Waals surface area contributed by atoms with E-state index in [1.54, 1.807) is 12.5 Å². The van der Waals surface area contributed by atoms with Crippen LogP contribution in [-0.4, -0.2) is 28.6 Å². The van der Waals surface area contributed by atoms with Crippen molar-refractivity contribution in [2.75, 3.05) is 6.61 Å². The van der Waals surface area contributed by atoms with Gasteiger partial charge in [-0.25, -0.2) is 4.98 Å². The van der Waals surface area contributed by atoms with Crippen LogP contribution in [0.4, 0.5) is 0 Å². The highest BCUT2D eigenvalue weighted by atomic mass is 16.5. The van der Waals surface area contributed by atoms with Gasteiger partial charge in [0.05, 0.1) is 12.9 Å². The smallest absolute Gasteiger partial charge is 0.323 e. The van der Waals surface area contributed by atoms with Gasteiger partial charge in [-0.3, -0.25) is 4.79 Å². The molecule has 2 rings (SSSR count). The fraction of sp³-hybridized carbons (Fsp3) is 0.333. The lowest BCUT2D eigenvalue weighted by Crippen LogP contribution is -2.34. The summed E-state index contributed by atoms with van der Waals surface area (Å²) >= 11 is 0. The van der Waals surface area contributed by atoms with Gasteiger partial charge in [0.25, 0.3) is 0 Å². The molecule has 0 spiro atoms. The molecule has 0 aliphatic rings. The largest absolute Gasteiger partial charge is 0.465 e. The average Bonchev–Trinajstić information content (AvgIpc) is 2.97. The second-order valence-electron chi connectivity index (χ2n) is 4.64. The van der Waals surface area contributed by atoms with Crippen molar-refractivity contribution in [1.82, 2.24) is 9.97 Å². The van der Waals surface area contributed by atoms with Crippen LogP contribution in [0.15, 0.2) is 42.9 Å². The summed E-state index contributed by atoms with van der Waals surface area (Å²) < 4.78 is 5.18. The molecule has 2 aromatic rings. The van der Waals surface area contributed by atoms with Crippen molar-refractivity contribution in [3.8, 4) is 0 Å². The number of nitrogens with one attached hydrogen (secondary N) is 1. The molecule has 5 heteroatoms. The number of carbonyl (C=O) groups excluding carboxylic acids is 1. The summed E-state index contributed by atoms with van der Waals surface area (Å²) in [5, 5.41) is 0. The molecule has 5 nitrogen and oxygen atoms in total. The third-order valence-electron chi connectivity index (χ3n) is 2.99. The number of aromatic amines is 1. The summed E-state index contributed by atoms with van der Waals surface area (Å²) in [7, 11) is 0. The predicted molar refractivity (Wildman–Crippen MR) is 76.0 cm³/mol. The van der Waals surface area contributed by atoms with Crippen molar-refractivity contribution in [3.05, 3.63) is 54.1 Å². The van der Waals surface area contributed by atoms with Gasteiger partial charge < -0.3 is 15.5 Å². The molecule has 0 radical (unpaired) electrons. The number of imidazole rings is 1. The Labute approximate surface area is 118 Å². The van der Waals surface area contributed by atoms with Crippen LogP contribution in [0.1, 0.15) is 17.7 Å². The molecular weight excluding hydrogens is 254 g/mol. The van der Waals surface area contributed by atoms with E-state index in [-0.39, 0.29) is 5.97 Å². The number of benzene rings is 1. The maximum absolute atomic E-state index is 11.7.